The number of benzene rings is 1. The summed E-state index contributed by atoms with van der Waals surface area (Å²) in [6.07, 6.45) is -3.09. The van der Waals surface area contributed by atoms with Crippen LogP contribution in [0.3, 0.4) is 0 Å². The Hall–Kier alpha value is -1.04. The summed E-state index contributed by atoms with van der Waals surface area (Å²) in [5.41, 5.74) is -0.725. The molecule has 1 aromatic rings. The third kappa shape index (κ3) is 3.25. The van der Waals surface area contributed by atoms with Gasteiger partial charge in [-0.15, -0.1) is 0 Å². The monoisotopic (exact) mass is 280 g/mol. The van der Waals surface area contributed by atoms with E-state index < -0.39 is 21.6 Å². The molecule has 0 bridgehead atoms. The number of rotatable bonds is 3. The highest BCUT2D eigenvalue weighted by Crippen LogP contribution is 2.37. The van der Waals surface area contributed by atoms with Gasteiger partial charge in [-0.25, -0.2) is 8.42 Å². The number of sulfone groups is 1. The molecule has 0 amide bonds. The Morgan fingerprint density at radius 1 is 1.28 bits per heavy atom. The summed E-state index contributed by atoms with van der Waals surface area (Å²) < 4.78 is 61.3. The molecule has 1 aromatic carbocycles. The van der Waals surface area contributed by atoms with Crippen molar-refractivity contribution in [3.63, 3.8) is 0 Å². The summed E-state index contributed by atoms with van der Waals surface area (Å²) >= 11 is 0. The molecule has 0 aromatic heterocycles. The predicted molar refractivity (Wildman–Crippen MR) is 63.3 cm³/mol. The van der Waals surface area contributed by atoms with E-state index in [0.717, 1.165) is 12.3 Å². The van der Waals surface area contributed by atoms with Gasteiger partial charge >= 0.3 is 6.18 Å². The van der Waals surface area contributed by atoms with Gasteiger partial charge in [0.15, 0.2) is 9.84 Å². The number of alkyl halides is 3. The molecule has 2 nitrogen and oxygen atoms in total. The molecule has 1 rings (SSSR count). The SMILES string of the molecule is CC[C@@H](C)c1ccc(S(C)(=O)=O)cc1C(F)(F)F. The Labute approximate surface area is 105 Å². The average Bonchev–Trinajstić information content (AvgIpc) is 2.24. The highest BCUT2D eigenvalue weighted by Gasteiger charge is 2.35. The minimum absolute atomic E-state index is 0.136. The van der Waals surface area contributed by atoms with Crippen LogP contribution in [-0.4, -0.2) is 14.7 Å². The van der Waals surface area contributed by atoms with Crippen molar-refractivity contribution in [1.29, 1.82) is 0 Å². The van der Waals surface area contributed by atoms with Gasteiger partial charge < -0.3 is 0 Å². The Bertz CT molecular complexity index is 533. The third-order valence-electron chi connectivity index (χ3n) is 2.90. The third-order valence-corrected chi connectivity index (χ3v) is 4.01. The van der Waals surface area contributed by atoms with Crippen molar-refractivity contribution < 1.29 is 21.6 Å². The summed E-state index contributed by atoms with van der Waals surface area (Å²) in [6.45, 7) is 3.47. The quantitative estimate of drug-likeness (QED) is 0.847. The maximum absolute atomic E-state index is 12.9. The Kier molecular flexibility index (Phi) is 4.10. The van der Waals surface area contributed by atoms with Crippen LogP contribution < -0.4 is 0 Å². The van der Waals surface area contributed by atoms with E-state index >= 15 is 0 Å². The molecule has 0 aliphatic carbocycles. The van der Waals surface area contributed by atoms with Gasteiger partial charge in [0.05, 0.1) is 10.5 Å². The second kappa shape index (κ2) is 4.91. The van der Waals surface area contributed by atoms with Gasteiger partial charge in [0.1, 0.15) is 0 Å². The van der Waals surface area contributed by atoms with Crippen LogP contribution in [0.2, 0.25) is 0 Å². The van der Waals surface area contributed by atoms with Crippen molar-refractivity contribution >= 4 is 9.84 Å². The van der Waals surface area contributed by atoms with Crippen LogP contribution in [0.4, 0.5) is 13.2 Å². The second-order valence-electron chi connectivity index (χ2n) is 4.33. The fourth-order valence-corrected chi connectivity index (χ4v) is 2.31. The van der Waals surface area contributed by atoms with E-state index in [0.29, 0.717) is 6.42 Å². The first-order chi connectivity index (χ1) is 8.07. The zero-order valence-corrected chi connectivity index (χ0v) is 11.2. The molecule has 0 radical (unpaired) electrons. The van der Waals surface area contributed by atoms with Crippen molar-refractivity contribution in [3.05, 3.63) is 29.3 Å². The van der Waals surface area contributed by atoms with Crippen molar-refractivity contribution in [1.82, 2.24) is 0 Å². The van der Waals surface area contributed by atoms with Gasteiger partial charge in [-0.3, -0.25) is 0 Å². The molecule has 18 heavy (non-hydrogen) atoms. The Balaban J connectivity index is 3.49. The lowest BCUT2D eigenvalue weighted by molar-refractivity contribution is -0.138. The van der Waals surface area contributed by atoms with Crippen LogP contribution in [0.5, 0.6) is 0 Å². The minimum atomic E-state index is -4.54. The van der Waals surface area contributed by atoms with E-state index in [2.05, 4.69) is 0 Å². The standard InChI is InChI=1S/C12H15F3O2S/c1-4-8(2)10-6-5-9(18(3,16)17)7-11(10)12(13,14)15/h5-8H,4H2,1-3H3/t8-/m1/s1. The van der Waals surface area contributed by atoms with E-state index in [1.165, 1.54) is 12.1 Å². The molecule has 0 heterocycles. The molecule has 102 valence electrons. The van der Waals surface area contributed by atoms with Crippen LogP contribution >= 0.6 is 0 Å². The van der Waals surface area contributed by atoms with Crippen LogP contribution in [0.1, 0.15) is 37.3 Å². The summed E-state index contributed by atoms with van der Waals surface area (Å²) in [4.78, 5) is -0.304. The van der Waals surface area contributed by atoms with E-state index in [9.17, 15) is 21.6 Å². The lowest BCUT2D eigenvalue weighted by Gasteiger charge is -2.18. The smallest absolute Gasteiger partial charge is 0.224 e. The lowest BCUT2D eigenvalue weighted by atomic mass is 9.93. The fraction of sp³-hybridized carbons (Fsp3) is 0.500. The van der Waals surface area contributed by atoms with Crippen LogP contribution in [0.25, 0.3) is 0 Å². The fourth-order valence-electron chi connectivity index (χ4n) is 1.66. The lowest BCUT2D eigenvalue weighted by Crippen LogP contribution is -2.12. The normalized spacial score (nSPS) is 14.6. The second-order valence-corrected chi connectivity index (χ2v) is 6.34. The van der Waals surface area contributed by atoms with Crippen molar-refractivity contribution in [2.45, 2.75) is 37.3 Å². The molecule has 0 fully saturated rings. The van der Waals surface area contributed by atoms with Crippen molar-refractivity contribution in [3.8, 4) is 0 Å². The molecule has 0 saturated heterocycles. The Morgan fingerprint density at radius 2 is 1.83 bits per heavy atom. The highest BCUT2D eigenvalue weighted by molar-refractivity contribution is 7.90. The molecule has 0 aliphatic heterocycles. The average molecular weight is 280 g/mol. The summed E-state index contributed by atoms with van der Waals surface area (Å²) in [6, 6.07) is 3.20. The molecule has 1 atom stereocenters. The van der Waals surface area contributed by atoms with E-state index in [1.807, 2.05) is 0 Å². The number of halogens is 3. The molecule has 0 aliphatic rings. The van der Waals surface area contributed by atoms with Crippen LogP contribution in [0, 0.1) is 0 Å². The van der Waals surface area contributed by atoms with Crippen LogP contribution in [0.15, 0.2) is 23.1 Å². The molecular formula is C12H15F3O2S. The van der Waals surface area contributed by atoms with Gasteiger partial charge in [-0.1, -0.05) is 19.9 Å². The van der Waals surface area contributed by atoms with E-state index in [1.54, 1.807) is 13.8 Å². The summed E-state index contributed by atoms with van der Waals surface area (Å²) in [5.74, 6) is -0.268. The van der Waals surface area contributed by atoms with Gasteiger partial charge in [0.25, 0.3) is 0 Å². The number of hydrogen-bond donors (Lipinski definition) is 0. The van der Waals surface area contributed by atoms with Crippen LogP contribution in [-0.2, 0) is 16.0 Å². The van der Waals surface area contributed by atoms with Crippen molar-refractivity contribution in [2.75, 3.05) is 6.26 Å². The zero-order chi connectivity index (χ0) is 14.1. The largest absolute Gasteiger partial charge is 0.416 e. The maximum Gasteiger partial charge on any atom is 0.416 e. The minimum Gasteiger partial charge on any atom is -0.224 e. The van der Waals surface area contributed by atoms with Gasteiger partial charge in [0.2, 0.25) is 0 Å². The van der Waals surface area contributed by atoms with Gasteiger partial charge in [0, 0.05) is 6.26 Å². The van der Waals surface area contributed by atoms with Crippen molar-refractivity contribution in [2.24, 2.45) is 0 Å². The summed E-state index contributed by atoms with van der Waals surface area (Å²) in [7, 11) is -3.63. The van der Waals surface area contributed by atoms with E-state index in [-0.39, 0.29) is 16.4 Å². The van der Waals surface area contributed by atoms with Gasteiger partial charge in [-0.2, -0.15) is 13.2 Å². The van der Waals surface area contributed by atoms with E-state index in [4.69, 9.17) is 0 Å². The van der Waals surface area contributed by atoms with Gasteiger partial charge in [-0.05, 0) is 30.0 Å². The molecule has 0 N–H and O–H groups in total. The Morgan fingerprint density at radius 3 is 2.22 bits per heavy atom. The molecule has 6 heteroatoms. The summed E-state index contributed by atoms with van der Waals surface area (Å²) in [5, 5.41) is 0. The molecule has 0 saturated carbocycles. The zero-order valence-electron chi connectivity index (χ0n) is 10.4. The predicted octanol–water partition coefficient (Wildman–Crippen LogP) is 3.62. The first kappa shape index (κ1) is 15.0. The molecule has 0 unspecified atom stereocenters. The topological polar surface area (TPSA) is 34.1 Å². The maximum atomic E-state index is 12.9. The first-order valence-electron chi connectivity index (χ1n) is 5.48. The first-order valence-corrected chi connectivity index (χ1v) is 7.37. The highest BCUT2D eigenvalue weighted by atomic mass is 32.2. The molecule has 0 spiro atoms. The molecular weight excluding hydrogens is 265 g/mol. The number of hydrogen-bond acceptors (Lipinski definition) is 2.